The van der Waals surface area contributed by atoms with Crippen LogP contribution in [0.3, 0.4) is 0 Å². The van der Waals surface area contributed by atoms with Gasteiger partial charge in [-0.2, -0.15) is 0 Å². The number of aliphatic hydroxyl groups excluding tert-OH is 1. The molecule has 0 aromatic carbocycles. The van der Waals surface area contributed by atoms with Crippen LogP contribution in [0.15, 0.2) is 0 Å². The summed E-state index contributed by atoms with van der Waals surface area (Å²) >= 11 is 0. The third-order valence-corrected chi connectivity index (χ3v) is 2.22. The first-order chi connectivity index (χ1) is 6.46. The Morgan fingerprint density at radius 2 is 2.29 bits per heavy atom. The monoisotopic (exact) mass is 202 g/mol. The van der Waals surface area contributed by atoms with Crippen LogP contribution in [0.5, 0.6) is 0 Å². The maximum absolute atomic E-state index is 11.4. The molecule has 82 valence electrons. The maximum Gasteiger partial charge on any atom is 0.190 e. The van der Waals surface area contributed by atoms with Gasteiger partial charge in [0.05, 0.1) is 6.10 Å². The highest BCUT2D eigenvalue weighted by molar-refractivity contribution is 5.85. The Labute approximate surface area is 84.2 Å². The topological polar surface area (TPSA) is 55.8 Å². The summed E-state index contributed by atoms with van der Waals surface area (Å²) in [7, 11) is 0. The number of Topliss-reactive ketones (excluding diaryl/α,β-unsaturated/α-hetero) is 1. The van der Waals surface area contributed by atoms with Gasteiger partial charge in [-0.25, -0.2) is 0 Å². The molecule has 0 saturated carbocycles. The zero-order valence-corrected chi connectivity index (χ0v) is 8.95. The van der Waals surface area contributed by atoms with Crippen molar-refractivity contribution in [1.82, 2.24) is 0 Å². The average molecular weight is 202 g/mol. The van der Waals surface area contributed by atoms with E-state index in [0.29, 0.717) is 6.42 Å². The van der Waals surface area contributed by atoms with Gasteiger partial charge in [0.15, 0.2) is 11.6 Å². The summed E-state index contributed by atoms with van der Waals surface area (Å²) in [4.78, 5) is 11.4. The van der Waals surface area contributed by atoms with Gasteiger partial charge in [0.1, 0.15) is 12.7 Å². The predicted octanol–water partition coefficient (Wildman–Crippen LogP) is 0.868. The molecule has 0 radical (unpaired) electrons. The maximum atomic E-state index is 11.4. The number of rotatable bonds is 3. The molecule has 1 N–H and O–H groups in total. The van der Waals surface area contributed by atoms with Crippen LogP contribution in [0.2, 0.25) is 0 Å². The number of aliphatic hydroxyl groups is 1. The molecule has 0 aromatic rings. The van der Waals surface area contributed by atoms with Gasteiger partial charge in [0.2, 0.25) is 0 Å². The van der Waals surface area contributed by atoms with Gasteiger partial charge in [0.25, 0.3) is 0 Å². The molecule has 1 rings (SSSR count). The highest BCUT2D eigenvalue weighted by Crippen LogP contribution is 2.23. The van der Waals surface area contributed by atoms with Crippen molar-refractivity contribution in [3.05, 3.63) is 0 Å². The number of carbonyl (C=O) groups excluding carboxylic acids is 1. The Bertz CT molecular complexity index is 212. The zero-order valence-electron chi connectivity index (χ0n) is 8.95. The van der Waals surface area contributed by atoms with Crippen LogP contribution in [0.25, 0.3) is 0 Å². The van der Waals surface area contributed by atoms with Gasteiger partial charge in [-0.3, -0.25) is 4.79 Å². The first kappa shape index (κ1) is 11.6. The molecule has 1 aliphatic heterocycles. The van der Waals surface area contributed by atoms with Crippen LogP contribution in [0.4, 0.5) is 0 Å². The lowest BCUT2D eigenvalue weighted by molar-refractivity contribution is -0.271. The van der Waals surface area contributed by atoms with Crippen molar-refractivity contribution >= 4 is 5.78 Å². The van der Waals surface area contributed by atoms with E-state index in [1.165, 1.54) is 0 Å². The van der Waals surface area contributed by atoms with E-state index in [9.17, 15) is 9.90 Å². The van der Waals surface area contributed by atoms with Crippen LogP contribution in [-0.4, -0.2) is 35.5 Å². The molecule has 4 nitrogen and oxygen atoms in total. The van der Waals surface area contributed by atoms with Crippen LogP contribution in [0.1, 0.15) is 33.6 Å². The van der Waals surface area contributed by atoms with E-state index in [4.69, 9.17) is 9.47 Å². The molecule has 4 heteroatoms. The normalized spacial score (nSPS) is 28.9. The van der Waals surface area contributed by atoms with Crippen molar-refractivity contribution in [3.8, 4) is 0 Å². The number of ketones is 1. The zero-order chi connectivity index (χ0) is 10.8. The van der Waals surface area contributed by atoms with Gasteiger partial charge < -0.3 is 14.6 Å². The van der Waals surface area contributed by atoms with Crippen molar-refractivity contribution in [1.29, 1.82) is 0 Å². The molecule has 1 saturated heterocycles. The molecule has 0 aliphatic carbocycles. The van der Waals surface area contributed by atoms with Gasteiger partial charge >= 0.3 is 0 Å². The van der Waals surface area contributed by atoms with E-state index >= 15 is 0 Å². The number of hydrogen-bond donors (Lipinski definition) is 1. The molecule has 1 heterocycles. The molecule has 0 amide bonds. The first-order valence-electron chi connectivity index (χ1n) is 4.99. The highest BCUT2D eigenvalue weighted by atomic mass is 16.7. The SMILES string of the molecule is CCC[C@H](O)[C@@H]1OC(C)(C)OCC1=O. The molecule has 1 fully saturated rings. The van der Waals surface area contributed by atoms with Gasteiger partial charge in [-0.05, 0) is 20.3 Å². The van der Waals surface area contributed by atoms with Crippen LogP contribution in [0, 0.1) is 0 Å². The lowest BCUT2D eigenvalue weighted by atomic mass is 10.0. The molecule has 1 aliphatic rings. The summed E-state index contributed by atoms with van der Waals surface area (Å²) in [5.41, 5.74) is 0. The summed E-state index contributed by atoms with van der Waals surface area (Å²) in [5, 5.41) is 9.68. The van der Waals surface area contributed by atoms with Crippen molar-refractivity contribution in [2.75, 3.05) is 6.61 Å². The third kappa shape index (κ3) is 2.77. The standard InChI is InChI=1S/C10H18O4/c1-4-5-7(11)9-8(12)6-13-10(2,3)14-9/h7,9,11H,4-6H2,1-3H3/t7-,9-/m0/s1. The second kappa shape index (κ2) is 4.38. The quantitative estimate of drug-likeness (QED) is 0.737. The minimum Gasteiger partial charge on any atom is -0.390 e. The van der Waals surface area contributed by atoms with E-state index in [1.54, 1.807) is 13.8 Å². The van der Waals surface area contributed by atoms with Gasteiger partial charge in [0, 0.05) is 0 Å². The fraction of sp³-hybridized carbons (Fsp3) is 0.900. The second-order valence-electron chi connectivity index (χ2n) is 4.05. The molecular formula is C10H18O4. The van der Waals surface area contributed by atoms with E-state index in [0.717, 1.165) is 6.42 Å². The second-order valence-corrected chi connectivity index (χ2v) is 4.05. The largest absolute Gasteiger partial charge is 0.390 e. The van der Waals surface area contributed by atoms with E-state index < -0.39 is 18.0 Å². The molecule has 2 atom stereocenters. The van der Waals surface area contributed by atoms with E-state index in [2.05, 4.69) is 0 Å². The predicted molar refractivity (Wildman–Crippen MR) is 50.8 cm³/mol. The fourth-order valence-corrected chi connectivity index (χ4v) is 1.47. The Balaban J connectivity index is 2.61. The van der Waals surface area contributed by atoms with Crippen LogP contribution < -0.4 is 0 Å². The summed E-state index contributed by atoms with van der Waals surface area (Å²) < 4.78 is 10.5. The third-order valence-electron chi connectivity index (χ3n) is 2.22. The van der Waals surface area contributed by atoms with Crippen molar-refractivity contribution in [3.63, 3.8) is 0 Å². The summed E-state index contributed by atoms with van der Waals surface area (Å²) in [6, 6.07) is 0. The lowest BCUT2D eigenvalue weighted by Gasteiger charge is -2.36. The molecule has 0 spiro atoms. The van der Waals surface area contributed by atoms with E-state index in [1.807, 2.05) is 6.92 Å². The number of carbonyl (C=O) groups is 1. The average Bonchev–Trinajstić information content (AvgIpc) is 2.10. The fourth-order valence-electron chi connectivity index (χ4n) is 1.47. The number of hydrogen-bond acceptors (Lipinski definition) is 4. The van der Waals surface area contributed by atoms with Crippen molar-refractivity contribution in [2.45, 2.75) is 51.6 Å². The lowest BCUT2D eigenvalue weighted by Crippen LogP contribution is -2.51. The smallest absolute Gasteiger partial charge is 0.190 e. The van der Waals surface area contributed by atoms with E-state index in [-0.39, 0.29) is 12.4 Å². The van der Waals surface area contributed by atoms with Gasteiger partial charge in [-0.15, -0.1) is 0 Å². The Kier molecular flexibility index (Phi) is 3.64. The van der Waals surface area contributed by atoms with Crippen LogP contribution >= 0.6 is 0 Å². The minimum atomic E-state index is -0.771. The summed E-state index contributed by atoms with van der Waals surface area (Å²) in [6.07, 6.45) is -0.0309. The summed E-state index contributed by atoms with van der Waals surface area (Å²) in [5.74, 6) is -0.946. The molecule has 0 bridgehead atoms. The first-order valence-corrected chi connectivity index (χ1v) is 4.99. The number of ether oxygens (including phenoxy) is 2. The van der Waals surface area contributed by atoms with Crippen molar-refractivity contribution in [2.24, 2.45) is 0 Å². The van der Waals surface area contributed by atoms with Crippen LogP contribution in [-0.2, 0) is 14.3 Å². The Hall–Kier alpha value is -0.450. The van der Waals surface area contributed by atoms with Gasteiger partial charge in [-0.1, -0.05) is 13.3 Å². The van der Waals surface area contributed by atoms with Crippen molar-refractivity contribution < 1.29 is 19.4 Å². The molecule has 0 aromatic heterocycles. The Morgan fingerprint density at radius 3 is 2.86 bits per heavy atom. The molecule has 0 unspecified atom stereocenters. The highest BCUT2D eigenvalue weighted by Gasteiger charge is 2.38. The Morgan fingerprint density at radius 1 is 1.64 bits per heavy atom. The minimum absolute atomic E-state index is 0.0262. The molecule has 14 heavy (non-hydrogen) atoms. The molecular weight excluding hydrogens is 184 g/mol. The summed E-state index contributed by atoms with van der Waals surface area (Å²) in [6.45, 7) is 5.47.